The number of carboxylic acid groups (broad SMARTS) is 1. The van der Waals surface area contributed by atoms with Crippen LogP contribution in [0.4, 0.5) is 0 Å². The fourth-order valence-electron chi connectivity index (χ4n) is 3.04. The van der Waals surface area contributed by atoms with E-state index < -0.39 is 5.97 Å². The van der Waals surface area contributed by atoms with Crippen molar-refractivity contribution in [3.05, 3.63) is 11.3 Å². The predicted octanol–water partition coefficient (Wildman–Crippen LogP) is 0.973. The summed E-state index contributed by atoms with van der Waals surface area (Å²) in [4.78, 5) is 26.0. The molecule has 1 aromatic rings. The highest BCUT2D eigenvalue weighted by molar-refractivity contribution is 7.99. The zero-order chi connectivity index (χ0) is 17.3. The summed E-state index contributed by atoms with van der Waals surface area (Å²) in [6.45, 7) is 0.454. The summed E-state index contributed by atoms with van der Waals surface area (Å²) in [6, 6.07) is 0. The number of likely N-dealkylation sites (tertiary alicyclic amines) is 1. The Hall–Kier alpha value is -1.55. The predicted molar refractivity (Wildman–Crippen MR) is 90.7 cm³/mol. The van der Waals surface area contributed by atoms with E-state index in [1.807, 2.05) is 0 Å². The van der Waals surface area contributed by atoms with E-state index in [0.717, 1.165) is 25.7 Å². The van der Waals surface area contributed by atoms with Crippen molar-refractivity contribution in [2.45, 2.75) is 30.8 Å². The number of nitrogens with zero attached hydrogens (tertiary/aromatic N) is 5. The molecule has 1 saturated heterocycles. The molecule has 1 spiro atoms. The van der Waals surface area contributed by atoms with Gasteiger partial charge < -0.3 is 10.0 Å². The second-order valence-corrected chi connectivity index (χ2v) is 7.39. The van der Waals surface area contributed by atoms with Crippen molar-refractivity contribution in [1.82, 2.24) is 25.1 Å². The number of amides is 1. The quantitative estimate of drug-likeness (QED) is 0.438. The van der Waals surface area contributed by atoms with Crippen molar-refractivity contribution in [3.8, 4) is 0 Å². The zero-order valence-corrected chi connectivity index (χ0v) is 15.0. The maximum Gasteiger partial charge on any atom is 0.352 e. The van der Waals surface area contributed by atoms with E-state index in [1.165, 1.54) is 21.3 Å². The molecule has 130 valence electrons. The Bertz CT molecular complexity index is 698. The Balaban J connectivity index is 1.85. The first-order valence-corrected chi connectivity index (χ1v) is 9.33. The molecule has 0 bridgehead atoms. The standard InChI is InChI=1S/C14H19N5O3S2/c1-18-13(15-16-17-18)24-8-9(7-23)10(11(20)21)19-6-2-3-14(4-5-14)12(19)22/h23H,2-8H2,1H3,(H,20,21)/b10-9+. The molecule has 2 fully saturated rings. The van der Waals surface area contributed by atoms with Crippen LogP contribution in [-0.4, -0.2) is 60.1 Å². The maximum absolute atomic E-state index is 12.7. The molecule has 1 N–H and O–H groups in total. The van der Waals surface area contributed by atoms with Crippen LogP contribution in [-0.2, 0) is 16.6 Å². The molecule has 1 saturated carbocycles. The lowest BCUT2D eigenvalue weighted by molar-refractivity contribution is -0.144. The Morgan fingerprint density at radius 2 is 2.17 bits per heavy atom. The first-order chi connectivity index (χ1) is 11.5. The fourth-order valence-corrected chi connectivity index (χ4v) is 4.31. The minimum Gasteiger partial charge on any atom is -0.477 e. The number of rotatable bonds is 6. The van der Waals surface area contributed by atoms with E-state index in [4.69, 9.17) is 0 Å². The smallest absolute Gasteiger partial charge is 0.352 e. The Morgan fingerprint density at radius 1 is 1.42 bits per heavy atom. The van der Waals surface area contributed by atoms with Gasteiger partial charge in [0, 0.05) is 30.5 Å². The number of carboxylic acids is 1. The van der Waals surface area contributed by atoms with Crippen LogP contribution < -0.4 is 0 Å². The molecule has 3 rings (SSSR count). The van der Waals surface area contributed by atoms with Gasteiger partial charge in [-0.15, -0.1) is 5.10 Å². The highest BCUT2D eigenvalue weighted by Gasteiger charge is 2.54. The molecule has 2 heterocycles. The van der Waals surface area contributed by atoms with Crippen LogP contribution in [0.15, 0.2) is 16.4 Å². The van der Waals surface area contributed by atoms with E-state index >= 15 is 0 Å². The number of hydrogen-bond donors (Lipinski definition) is 2. The van der Waals surface area contributed by atoms with Gasteiger partial charge in [-0.05, 0) is 41.7 Å². The van der Waals surface area contributed by atoms with Crippen LogP contribution in [0.2, 0.25) is 0 Å². The third-order valence-corrected chi connectivity index (χ3v) is 6.02. The summed E-state index contributed by atoms with van der Waals surface area (Å²) < 4.78 is 1.52. The molecule has 8 nitrogen and oxygen atoms in total. The molecule has 1 aliphatic carbocycles. The van der Waals surface area contributed by atoms with Gasteiger partial charge in [0.15, 0.2) is 0 Å². The highest BCUT2D eigenvalue weighted by atomic mass is 32.2. The van der Waals surface area contributed by atoms with Gasteiger partial charge in [-0.1, -0.05) is 11.8 Å². The van der Waals surface area contributed by atoms with Gasteiger partial charge in [0.05, 0.1) is 0 Å². The number of aryl methyl sites for hydroxylation is 1. The van der Waals surface area contributed by atoms with E-state index in [2.05, 4.69) is 28.2 Å². The molecule has 0 aromatic carbocycles. The number of thioether (sulfide) groups is 1. The molecule has 0 unspecified atom stereocenters. The molecule has 24 heavy (non-hydrogen) atoms. The number of carbonyl (C=O) groups excluding carboxylic acids is 1. The van der Waals surface area contributed by atoms with E-state index in [1.54, 1.807) is 7.05 Å². The second-order valence-electron chi connectivity index (χ2n) is 6.13. The fraction of sp³-hybridized carbons (Fsp3) is 0.643. The topological polar surface area (TPSA) is 101 Å². The van der Waals surface area contributed by atoms with Crippen molar-refractivity contribution in [2.75, 3.05) is 18.1 Å². The van der Waals surface area contributed by atoms with Crippen molar-refractivity contribution >= 4 is 36.3 Å². The van der Waals surface area contributed by atoms with Crippen molar-refractivity contribution in [2.24, 2.45) is 12.5 Å². The highest BCUT2D eigenvalue weighted by Crippen LogP contribution is 2.53. The van der Waals surface area contributed by atoms with Crippen LogP contribution in [0.5, 0.6) is 0 Å². The Morgan fingerprint density at radius 3 is 2.71 bits per heavy atom. The van der Waals surface area contributed by atoms with Crippen molar-refractivity contribution in [3.63, 3.8) is 0 Å². The van der Waals surface area contributed by atoms with Gasteiger partial charge in [0.2, 0.25) is 11.1 Å². The molecular weight excluding hydrogens is 350 g/mol. The lowest BCUT2D eigenvalue weighted by atomic mass is 9.93. The molecule has 10 heteroatoms. The second kappa shape index (κ2) is 6.75. The third kappa shape index (κ3) is 3.16. The van der Waals surface area contributed by atoms with Gasteiger partial charge in [0.25, 0.3) is 0 Å². The van der Waals surface area contributed by atoms with Crippen LogP contribution in [0.25, 0.3) is 0 Å². The number of hydrogen-bond acceptors (Lipinski definition) is 7. The minimum absolute atomic E-state index is 0.0456. The van der Waals surface area contributed by atoms with Crippen LogP contribution >= 0.6 is 24.4 Å². The van der Waals surface area contributed by atoms with E-state index in [-0.39, 0.29) is 22.8 Å². The lowest BCUT2D eigenvalue weighted by Crippen LogP contribution is -2.44. The number of aliphatic carboxylic acids is 1. The lowest BCUT2D eigenvalue weighted by Gasteiger charge is -2.33. The van der Waals surface area contributed by atoms with Crippen LogP contribution in [0.3, 0.4) is 0 Å². The number of thiol groups is 1. The van der Waals surface area contributed by atoms with Crippen LogP contribution in [0, 0.1) is 5.41 Å². The SMILES string of the molecule is Cn1nnnc1SC/C(CS)=C(\C(=O)O)N1CCCC2(CC2)C1=O. The number of carbonyl (C=O) groups is 2. The summed E-state index contributed by atoms with van der Waals surface area (Å²) >= 11 is 5.62. The molecule has 1 amide bonds. The molecule has 1 aliphatic heterocycles. The summed E-state index contributed by atoms with van der Waals surface area (Å²) in [5, 5.41) is 21.5. The van der Waals surface area contributed by atoms with Crippen molar-refractivity contribution < 1.29 is 14.7 Å². The largest absolute Gasteiger partial charge is 0.477 e. The Kier molecular flexibility index (Phi) is 4.86. The first-order valence-electron chi connectivity index (χ1n) is 7.72. The zero-order valence-electron chi connectivity index (χ0n) is 13.3. The number of aromatic nitrogens is 4. The molecule has 2 aliphatic rings. The monoisotopic (exact) mass is 369 g/mol. The summed E-state index contributed by atoms with van der Waals surface area (Å²) in [6.07, 6.45) is 3.43. The number of piperidine rings is 1. The Labute approximate surface area is 149 Å². The number of tetrazole rings is 1. The molecule has 1 aromatic heterocycles. The van der Waals surface area contributed by atoms with Gasteiger partial charge in [-0.2, -0.15) is 12.6 Å². The minimum atomic E-state index is -1.08. The van der Waals surface area contributed by atoms with Gasteiger partial charge in [-0.25, -0.2) is 9.48 Å². The van der Waals surface area contributed by atoms with Crippen LogP contribution in [0.1, 0.15) is 25.7 Å². The first kappa shape index (κ1) is 17.3. The summed E-state index contributed by atoms with van der Waals surface area (Å²) in [5.74, 6) is -0.496. The maximum atomic E-state index is 12.7. The van der Waals surface area contributed by atoms with Crippen molar-refractivity contribution in [1.29, 1.82) is 0 Å². The van der Waals surface area contributed by atoms with E-state index in [0.29, 0.717) is 23.0 Å². The summed E-state index contributed by atoms with van der Waals surface area (Å²) in [7, 11) is 1.72. The van der Waals surface area contributed by atoms with Gasteiger partial charge in [0.1, 0.15) is 5.70 Å². The third-order valence-electron chi connectivity index (χ3n) is 4.54. The molecule has 0 radical (unpaired) electrons. The average molecular weight is 369 g/mol. The van der Waals surface area contributed by atoms with Gasteiger partial charge >= 0.3 is 5.97 Å². The van der Waals surface area contributed by atoms with E-state index in [9.17, 15) is 14.7 Å². The average Bonchev–Trinajstić information content (AvgIpc) is 3.21. The van der Waals surface area contributed by atoms with Gasteiger partial charge in [-0.3, -0.25) is 4.79 Å². The summed E-state index contributed by atoms with van der Waals surface area (Å²) in [5.41, 5.74) is 0.370. The normalized spacial score (nSPS) is 20.2. The molecule has 0 atom stereocenters. The molecular formula is C14H19N5O3S2.